The third kappa shape index (κ3) is 2.74. The van der Waals surface area contributed by atoms with Crippen LogP contribution in [0.5, 0.6) is 0 Å². The van der Waals surface area contributed by atoms with Crippen molar-refractivity contribution in [2.45, 2.75) is 18.9 Å². The summed E-state index contributed by atoms with van der Waals surface area (Å²) in [4.78, 5) is 13.6. The van der Waals surface area contributed by atoms with Crippen LogP contribution in [0.2, 0.25) is 0 Å². The van der Waals surface area contributed by atoms with E-state index in [0.29, 0.717) is 0 Å². The van der Waals surface area contributed by atoms with Gasteiger partial charge in [0.25, 0.3) is 0 Å². The van der Waals surface area contributed by atoms with Crippen LogP contribution in [0.3, 0.4) is 0 Å². The molecule has 0 bridgehead atoms. The van der Waals surface area contributed by atoms with Crippen LogP contribution in [0.4, 0.5) is 0 Å². The van der Waals surface area contributed by atoms with Crippen molar-refractivity contribution in [1.82, 2.24) is 14.7 Å². The fourth-order valence-corrected chi connectivity index (χ4v) is 2.11. The van der Waals surface area contributed by atoms with Gasteiger partial charge in [-0.05, 0) is 18.9 Å². The van der Waals surface area contributed by atoms with Crippen LogP contribution in [-0.2, 0) is 11.8 Å². The number of likely N-dealkylation sites (tertiary alicyclic amines) is 1. The highest BCUT2D eigenvalue weighted by Crippen LogP contribution is 2.17. The van der Waals surface area contributed by atoms with Gasteiger partial charge in [-0.25, -0.2) is 0 Å². The zero-order valence-electron chi connectivity index (χ0n) is 9.91. The van der Waals surface area contributed by atoms with E-state index in [2.05, 4.69) is 5.10 Å². The predicted molar refractivity (Wildman–Crippen MR) is 64.1 cm³/mol. The van der Waals surface area contributed by atoms with Gasteiger partial charge in [0.05, 0.1) is 18.8 Å². The van der Waals surface area contributed by atoms with Gasteiger partial charge in [-0.3, -0.25) is 9.48 Å². The number of rotatable bonds is 3. The Morgan fingerprint density at radius 1 is 1.71 bits per heavy atom. The Kier molecular flexibility index (Phi) is 3.58. The lowest BCUT2D eigenvalue weighted by atomic mass is 10.2. The van der Waals surface area contributed by atoms with Gasteiger partial charge in [0.1, 0.15) is 0 Å². The second-order valence-electron chi connectivity index (χ2n) is 4.29. The number of aromatic nitrogens is 2. The first-order valence-electron chi connectivity index (χ1n) is 5.79. The van der Waals surface area contributed by atoms with Crippen LogP contribution < -0.4 is 0 Å². The molecule has 17 heavy (non-hydrogen) atoms. The molecule has 0 radical (unpaired) electrons. The van der Waals surface area contributed by atoms with Crippen LogP contribution in [0.25, 0.3) is 6.08 Å². The molecule has 2 rings (SSSR count). The number of aryl methyl sites for hydroxylation is 1. The monoisotopic (exact) mass is 235 g/mol. The van der Waals surface area contributed by atoms with Gasteiger partial charge in [-0.1, -0.05) is 0 Å². The third-order valence-corrected chi connectivity index (χ3v) is 3.01. The summed E-state index contributed by atoms with van der Waals surface area (Å²) in [5, 5.41) is 13.2. The van der Waals surface area contributed by atoms with Gasteiger partial charge in [-0.15, -0.1) is 0 Å². The van der Waals surface area contributed by atoms with Crippen LogP contribution >= 0.6 is 0 Å². The maximum atomic E-state index is 11.9. The summed E-state index contributed by atoms with van der Waals surface area (Å²) in [6.45, 7) is 0.786. The molecule has 1 aliphatic heterocycles. The average Bonchev–Trinajstić information content (AvgIpc) is 2.94. The van der Waals surface area contributed by atoms with E-state index in [1.165, 1.54) is 0 Å². The Bertz CT molecular complexity index is 425. The van der Waals surface area contributed by atoms with Crippen molar-refractivity contribution >= 4 is 12.0 Å². The normalized spacial score (nSPS) is 20.4. The standard InChI is InChI=1S/C12H17N3O2/c1-14-8-10(7-13-14)4-5-12(17)15-6-2-3-11(15)9-16/h4-5,7-8,11,16H,2-3,6,9H2,1H3/t11-/m0/s1. The summed E-state index contributed by atoms with van der Waals surface area (Å²) in [5.41, 5.74) is 0.903. The molecule has 1 atom stereocenters. The van der Waals surface area contributed by atoms with Gasteiger partial charge >= 0.3 is 0 Å². The molecule has 92 valence electrons. The lowest BCUT2D eigenvalue weighted by Gasteiger charge is -2.21. The Hall–Kier alpha value is -1.62. The van der Waals surface area contributed by atoms with E-state index in [0.717, 1.165) is 24.9 Å². The predicted octanol–water partition coefficient (Wildman–Crippen LogP) is 0.417. The molecule has 1 aromatic rings. The molecule has 1 amide bonds. The van der Waals surface area contributed by atoms with Gasteiger partial charge in [0, 0.05) is 31.4 Å². The molecule has 0 unspecified atom stereocenters. The number of aliphatic hydroxyl groups is 1. The Morgan fingerprint density at radius 3 is 3.18 bits per heavy atom. The smallest absolute Gasteiger partial charge is 0.246 e. The number of hydrogen-bond donors (Lipinski definition) is 1. The van der Waals surface area contributed by atoms with E-state index in [-0.39, 0.29) is 18.6 Å². The van der Waals surface area contributed by atoms with Crippen LogP contribution in [0, 0.1) is 0 Å². The van der Waals surface area contributed by atoms with Gasteiger partial charge in [-0.2, -0.15) is 5.10 Å². The lowest BCUT2D eigenvalue weighted by Crippen LogP contribution is -2.36. The minimum absolute atomic E-state index is 0.0129. The third-order valence-electron chi connectivity index (χ3n) is 3.01. The van der Waals surface area contributed by atoms with E-state index in [9.17, 15) is 4.79 Å². The summed E-state index contributed by atoms with van der Waals surface area (Å²) in [6, 6.07) is -0.0129. The second kappa shape index (κ2) is 5.14. The summed E-state index contributed by atoms with van der Waals surface area (Å²) < 4.78 is 1.69. The Morgan fingerprint density at radius 2 is 2.53 bits per heavy atom. The minimum atomic E-state index is -0.0367. The van der Waals surface area contributed by atoms with Crippen molar-refractivity contribution < 1.29 is 9.90 Å². The Balaban J connectivity index is 1.99. The van der Waals surface area contributed by atoms with E-state index in [1.807, 2.05) is 13.2 Å². The van der Waals surface area contributed by atoms with Crippen LogP contribution in [-0.4, -0.2) is 44.9 Å². The number of aliphatic hydroxyl groups excluding tert-OH is 1. The fourth-order valence-electron chi connectivity index (χ4n) is 2.11. The first-order chi connectivity index (χ1) is 8.20. The van der Waals surface area contributed by atoms with E-state index in [4.69, 9.17) is 5.11 Å². The van der Waals surface area contributed by atoms with Gasteiger partial charge in [0.2, 0.25) is 5.91 Å². The molecule has 0 saturated carbocycles. The fraction of sp³-hybridized carbons (Fsp3) is 0.500. The van der Waals surface area contributed by atoms with Crippen molar-refractivity contribution in [3.8, 4) is 0 Å². The zero-order valence-corrected chi connectivity index (χ0v) is 9.91. The van der Waals surface area contributed by atoms with Crippen molar-refractivity contribution in [3.05, 3.63) is 24.0 Å². The van der Waals surface area contributed by atoms with Crippen molar-refractivity contribution in [2.24, 2.45) is 7.05 Å². The number of hydrogen-bond acceptors (Lipinski definition) is 3. The highest BCUT2D eigenvalue weighted by atomic mass is 16.3. The minimum Gasteiger partial charge on any atom is -0.394 e. The second-order valence-corrected chi connectivity index (χ2v) is 4.29. The molecular weight excluding hydrogens is 218 g/mol. The molecule has 2 heterocycles. The number of carbonyl (C=O) groups excluding carboxylic acids is 1. The van der Waals surface area contributed by atoms with Crippen molar-refractivity contribution in [3.63, 3.8) is 0 Å². The summed E-state index contributed by atoms with van der Waals surface area (Å²) in [6.07, 6.45) is 8.71. The van der Waals surface area contributed by atoms with Crippen LogP contribution in [0.15, 0.2) is 18.5 Å². The summed E-state index contributed by atoms with van der Waals surface area (Å²) in [5.74, 6) is -0.0367. The summed E-state index contributed by atoms with van der Waals surface area (Å²) >= 11 is 0. The van der Waals surface area contributed by atoms with E-state index >= 15 is 0 Å². The molecule has 5 nitrogen and oxygen atoms in total. The molecular formula is C12H17N3O2. The maximum Gasteiger partial charge on any atom is 0.246 e. The van der Waals surface area contributed by atoms with Gasteiger partial charge in [0.15, 0.2) is 0 Å². The van der Waals surface area contributed by atoms with Gasteiger partial charge < -0.3 is 10.0 Å². The molecule has 1 aliphatic rings. The number of carbonyl (C=O) groups is 1. The molecule has 0 aliphatic carbocycles. The quantitative estimate of drug-likeness (QED) is 0.772. The first-order valence-corrected chi connectivity index (χ1v) is 5.79. The largest absolute Gasteiger partial charge is 0.394 e. The molecule has 0 aromatic carbocycles. The highest BCUT2D eigenvalue weighted by molar-refractivity contribution is 5.92. The molecule has 1 fully saturated rings. The zero-order chi connectivity index (χ0) is 12.3. The van der Waals surface area contributed by atoms with Crippen LogP contribution in [0.1, 0.15) is 18.4 Å². The number of nitrogens with zero attached hydrogens (tertiary/aromatic N) is 3. The van der Waals surface area contributed by atoms with E-state index < -0.39 is 0 Å². The highest BCUT2D eigenvalue weighted by Gasteiger charge is 2.26. The Labute approximate surface area is 100 Å². The maximum absolute atomic E-state index is 11.9. The van der Waals surface area contributed by atoms with Crippen molar-refractivity contribution in [1.29, 1.82) is 0 Å². The first kappa shape index (κ1) is 11.9. The number of amides is 1. The molecule has 0 spiro atoms. The molecule has 1 N–H and O–H groups in total. The SMILES string of the molecule is Cn1cc(C=CC(=O)N2CCC[C@H]2CO)cn1. The topological polar surface area (TPSA) is 58.4 Å². The molecule has 1 saturated heterocycles. The average molecular weight is 235 g/mol. The lowest BCUT2D eigenvalue weighted by molar-refractivity contribution is -0.127. The van der Waals surface area contributed by atoms with Crippen molar-refractivity contribution in [2.75, 3.05) is 13.2 Å². The molecule has 5 heteroatoms. The summed E-state index contributed by atoms with van der Waals surface area (Å²) in [7, 11) is 1.83. The van der Waals surface area contributed by atoms with E-state index in [1.54, 1.807) is 27.9 Å². The molecule has 1 aromatic heterocycles.